The smallest absolute Gasteiger partial charge is 0.356 e. The van der Waals surface area contributed by atoms with Gasteiger partial charge in [0, 0.05) is 0 Å². The highest BCUT2D eigenvalue weighted by atomic mass is 28.4. The number of rotatable bonds is 6. The maximum Gasteiger partial charge on any atom is 0.356 e. The average Bonchev–Trinajstić information content (AvgIpc) is 2.83. The van der Waals surface area contributed by atoms with Gasteiger partial charge in [-0.2, -0.15) is 0 Å². The second-order valence-corrected chi connectivity index (χ2v) is 10.4. The quantitative estimate of drug-likeness (QED) is 0.276. The summed E-state index contributed by atoms with van der Waals surface area (Å²) >= 11 is 0. The van der Waals surface area contributed by atoms with E-state index in [2.05, 4.69) is 84.9 Å². The van der Waals surface area contributed by atoms with E-state index in [4.69, 9.17) is 0 Å². The lowest BCUT2D eigenvalue weighted by Gasteiger charge is -2.18. The molecule has 4 aromatic rings. The van der Waals surface area contributed by atoms with Gasteiger partial charge in [0.1, 0.15) is 0 Å². The highest BCUT2D eigenvalue weighted by molar-refractivity contribution is 6.69. The molecule has 4 aromatic carbocycles. The lowest BCUT2D eigenvalue weighted by Crippen LogP contribution is -2.26. The molecule has 0 fully saturated rings. The van der Waals surface area contributed by atoms with Gasteiger partial charge in [-0.3, -0.25) is 0 Å². The van der Waals surface area contributed by atoms with Crippen LogP contribution in [0.5, 0.6) is 0 Å². The fraction of sp³-hybridized carbons (Fsp3) is 0.0345. The van der Waals surface area contributed by atoms with Crippen LogP contribution in [0.15, 0.2) is 121 Å². The van der Waals surface area contributed by atoms with Crippen molar-refractivity contribution in [2.75, 3.05) is 0 Å². The maximum atomic E-state index is 9.70. The molecule has 0 aliphatic carbocycles. The predicted molar refractivity (Wildman–Crippen MR) is 136 cm³/mol. The zero-order chi connectivity index (χ0) is 22.4. The van der Waals surface area contributed by atoms with Crippen LogP contribution < -0.4 is 0 Å². The van der Waals surface area contributed by atoms with Crippen LogP contribution in [-0.2, 0) is 0 Å². The fourth-order valence-electron chi connectivity index (χ4n) is 3.74. The van der Waals surface area contributed by atoms with Gasteiger partial charge in [0.2, 0.25) is 0 Å². The van der Waals surface area contributed by atoms with E-state index in [9.17, 15) is 9.59 Å². The van der Waals surface area contributed by atoms with E-state index < -0.39 is 8.56 Å². The van der Waals surface area contributed by atoms with Crippen LogP contribution in [0.3, 0.4) is 0 Å². The Bertz CT molecular complexity index is 1160. The molecule has 0 atom stereocenters. The molecule has 158 valence electrons. The Morgan fingerprint density at radius 2 is 0.875 bits per heavy atom. The first-order valence-electron chi connectivity index (χ1n) is 10.7. The summed E-state index contributed by atoms with van der Waals surface area (Å²) in [5.41, 5.74) is 9.33. The highest BCUT2D eigenvalue weighted by Gasteiger charge is 2.17. The van der Waals surface area contributed by atoms with Gasteiger partial charge in [-0.1, -0.05) is 121 Å². The van der Waals surface area contributed by atoms with E-state index in [1.165, 1.54) is 17.8 Å². The van der Waals surface area contributed by atoms with E-state index in [0.717, 1.165) is 33.4 Å². The molecule has 0 heterocycles. The SMILES string of the molecule is C[Si](O)(O)/C=C/c1ccc(C(=C(c2ccccc2)c2ccccc2)c2ccccc2)cc1. The van der Waals surface area contributed by atoms with Gasteiger partial charge in [-0.15, -0.1) is 0 Å². The first-order valence-corrected chi connectivity index (χ1v) is 13.1. The summed E-state index contributed by atoms with van der Waals surface area (Å²) < 4.78 is 0. The maximum absolute atomic E-state index is 9.70. The molecular formula is C29H26O2Si. The molecule has 0 unspecified atom stereocenters. The molecule has 32 heavy (non-hydrogen) atoms. The highest BCUT2D eigenvalue weighted by Crippen LogP contribution is 2.36. The topological polar surface area (TPSA) is 40.5 Å². The normalized spacial score (nSPS) is 11.5. The third kappa shape index (κ3) is 5.40. The van der Waals surface area contributed by atoms with Crippen molar-refractivity contribution >= 4 is 25.8 Å². The van der Waals surface area contributed by atoms with Crippen LogP contribution in [0.2, 0.25) is 6.55 Å². The Hall–Kier alpha value is -3.50. The average molecular weight is 435 g/mol. The van der Waals surface area contributed by atoms with Crippen molar-refractivity contribution in [2.24, 2.45) is 0 Å². The van der Waals surface area contributed by atoms with Crippen LogP contribution >= 0.6 is 0 Å². The monoisotopic (exact) mass is 434 g/mol. The van der Waals surface area contributed by atoms with E-state index in [1.54, 1.807) is 6.08 Å². The zero-order valence-corrected chi connectivity index (χ0v) is 19.0. The van der Waals surface area contributed by atoms with Gasteiger partial charge >= 0.3 is 8.56 Å². The molecule has 0 saturated heterocycles. The third-order valence-electron chi connectivity index (χ3n) is 5.23. The fourth-order valence-corrected chi connectivity index (χ4v) is 4.25. The third-order valence-corrected chi connectivity index (χ3v) is 6.03. The van der Waals surface area contributed by atoms with Gasteiger partial charge < -0.3 is 9.59 Å². The molecule has 0 bridgehead atoms. The number of hydrogen-bond donors (Lipinski definition) is 2. The molecule has 3 heteroatoms. The van der Waals surface area contributed by atoms with Crippen molar-refractivity contribution in [3.8, 4) is 0 Å². The van der Waals surface area contributed by atoms with Crippen molar-refractivity contribution in [2.45, 2.75) is 6.55 Å². The van der Waals surface area contributed by atoms with Crippen molar-refractivity contribution in [1.29, 1.82) is 0 Å². The molecule has 4 rings (SSSR count). The first kappa shape index (κ1) is 21.7. The lowest BCUT2D eigenvalue weighted by molar-refractivity contribution is 0.390. The van der Waals surface area contributed by atoms with Gasteiger partial charge in [0.05, 0.1) is 0 Å². The summed E-state index contributed by atoms with van der Waals surface area (Å²) in [6.07, 6.45) is 1.78. The molecular weight excluding hydrogens is 408 g/mol. The van der Waals surface area contributed by atoms with Crippen molar-refractivity contribution in [1.82, 2.24) is 0 Å². The summed E-state index contributed by atoms with van der Waals surface area (Å²) in [5.74, 6) is 0. The zero-order valence-electron chi connectivity index (χ0n) is 18.0. The van der Waals surface area contributed by atoms with Gasteiger partial charge in [-0.05, 0) is 51.2 Å². The molecule has 0 amide bonds. The number of hydrogen-bond acceptors (Lipinski definition) is 2. The predicted octanol–water partition coefficient (Wildman–Crippen LogP) is 6.30. The molecule has 2 N–H and O–H groups in total. The molecule has 0 aliphatic heterocycles. The van der Waals surface area contributed by atoms with Gasteiger partial charge in [0.25, 0.3) is 0 Å². The molecule has 0 saturated carbocycles. The van der Waals surface area contributed by atoms with Gasteiger partial charge in [0.15, 0.2) is 0 Å². The Labute approximate surface area is 190 Å². The minimum absolute atomic E-state index is 0.934. The summed E-state index contributed by atoms with van der Waals surface area (Å²) in [4.78, 5) is 19.4. The van der Waals surface area contributed by atoms with E-state index in [1.807, 2.05) is 30.3 Å². The first-order chi connectivity index (χ1) is 15.5. The van der Waals surface area contributed by atoms with Crippen molar-refractivity contribution in [3.05, 3.63) is 149 Å². The number of benzene rings is 4. The minimum Gasteiger partial charge on any atom is -0.408 e. The summed E-state index contributed by atoms with van der Waals surface area (Å²) in [6, 6.07) is 39.6. The largest absolute Gasteiger partial charge is 0.408 e. The Balaban J connectivity index is 1.94. The van der Waals surface area contributed by atoms with Crippen LogP contribution in [0.1, 0.15) is 27.8 Å². The molecule has 0 radical (unpaired) electrons. The Kier molecular flexibility index (Phi) is 6.62. The van der Waals surface area contributed by atoms with Crippen LogP contribution in [0, 0.1) is 0 Å². The van der Waals surface area contributed by atoms with E-state index in [-0.39, 0.29) is 0 Å². The van der Waals surface area contributed by atoms with Gasteiger partial charge in [-0.25, -0.2) is 0 Å². The van der Waals surface area contributed by atoms with E-state index >= 15 is 0 Å². The van der Waals surface area contributed by atoms with Crippen LogP contribution in [-0.4, -0.2) is 18.2 Å². The molecule has 0 aromatic heterocycles. The lowest BCUT2D eigenvalue weighted by atomic mass is 9.85. The Morgan fingerprint density at radius 1 is 0.531 bits per heavy atom. The van der Waals surface area contributed by atoms with Crippen molar-refractivity contribution < 1.29 is 9.59 Å². The van der Waals surface area contributed by atoms with Crippen LogP contribution in [0.4, 0.5) is 0 Å². The van der Waals surface area contributed by atoms with E-state index in [0.29, 0.717) is 0 Å². The summed E-state index contributed by atoms with van der Waals surface area (Å²) in [5, 5.41) is 0. The standard InChI is InChI=1S/C29H26O2Si/c1-32(30,31)22-21-23-17-19-27(20-18-23)29(26-15-9-4-10-16-26)28(24-11-5-2-6-12-24)25-13-7-3-8-14-25/h2-22,30-31H,1H3/b22-21+. The molecule has 2 nitrogen and oxygen atoms in total. The second kappa shape index (κ2) is 9.75. The summed E-state index contributed by atoms with van der Waals surface area (Å²) in [7, 11) is -3.22. The summed E-state index contributed by atoms with van der Waals surface area (Å²) in [6.45, 7) is 1.47. The van der Waals surface area contributed by atoms with Crippen molar-refractivity contribution in [3.63, 3.8) is 0 Å². The Morgan fingerprint density at radius 3 is 1.22 bits per heavy atom. The van der Waals surface area contributed by atoms with Crippen LogP contribution in [0.25, 0.3) is 17.2 Å². The molecule has 0 spiro atoms. The molecule has 0 aliphatic rings. The second-order valence-electron chi connectivity index (χ2n) is 7.90. The minimum atomic E-state index is -3.22.